The van der Waals surface area contributed by atoms with Crippen molar-refractivity contribution in [2.45, 2.75) is 23.9 Å². The van der Waals surface area contributed by atoms with E-state index in [4.69, 9.17) is 11.6 Å². The number of hydrogen-bond acceptors (Lipinski definition) is 4. The molecule has 154 valence electrons. The van der Waals surface area contributed by atoms with Crippen LogP contribution in [0.5, 0.6) is 5.75 Å². The molecule has 0 saturated heterocycles. The zero-order valence-electron chi connectivity index (χ0n) is 14.1. The van der Waals surface area contributed by atoms with Gasteiger partial charge in [0.15, 0.2) is 22.2 Å². The van der Waals surface area contributed by atoms with E-state index in [9.17, 15) is 35.6 Å². The Bertz CT molecular complexity index is 979. The van der Waals surface area contributed by atoms with Crippen LogP contribution in [0.25, 0.3) is 11.3 Å². The Morgan fingerprint density at radius 2 is 1.79 bits per heavy atom. The van der Waals surface area contributed by atoms with E-state index in [2.05, 4.69) is 4.74 Å². The molecule has 0 aliphatic rings. The second-order valence-corrected chi connectivity index (χ2v) is 8.21. The van der Waals surface area contributed by atoms with Gasteiger partial charge in [0, 0.05) is 6.07 Å². The molecule has 5 nitrogen and oxygen atoms in total. The molecule has 0 amide bonds. The summed E-state index contributed by atoms with van der Waals surface area (Å²) in [6.45, 7) is -0.631. The Hall–Kier alpha value is -2.14. The van der Waals surface area contributed by atoms with Crippen molar-refractivity contribution < 1.29 is 39.8 Å². The summed E-state index contributed by atoms with van der Waals surface area (Å²) in [6, 6.07) is 6.05. The van der Waals surface area contributed by atoms with Gasteiger partial charge in [-0.25, -0.2) is 8.42 Å². The van der Waals surface area contributed by atoms with Crippen LogP contribution in [0.2, 0.25) is 5.02 Å². The lowest BCUT2D eigenvalue weighted by atomic mass is 10.1. The lowest BCUT2D eigenvalue weighted by Gasteiger charge is -2.19. The van der Waals surface area contributed by atoms with Crippen LogP contribution in [0.4, 0.5) is 22.0 Å². The zero-order valence-corrected chi connectivity index (χ0v) is 15.7. The molecule has 0 atom stereocenters. The molecule has 0 aliphatic carbocycles. The monoisotopic (exact) mass is 445 g/mol. The molecule has 28 heavy (non-hydrogen) atoms. The molecule has 2 aromatic rings. The van der Waals surface area contributed by atoms with Crippen molar-refractivity contribution in [3.63, 3.8) is 0 Å². The number of hydrogen-bond donors (Lipinski definition) is 0. The highest BCUT2D eigenvalue weighted by Crippen LogP contribution is 2.36. The lowest BCUT2D eigenvalue weighted by molar-refractivity contribution is -0.594. The number of halogens is 6. The SMILES string of the molecule is CCS(=O)(=O)c1c(Cl)cccc1-c1ccc(OCC(F)(F)C(F)(F)F)c[n+]1[O-]. The van der Waals surface area contributed by atoms with Crippen LogP contribution in [0, 0.1) is 5.21 Å². The third kappa shape index (κ3) is 4.46. The molecule has 1 aromatic carbocycles. The van der Waals surface area contributed by atoms with Gasteiger partial charge in [-0.2, -0.15) is 26.7 Å². The van der Waals surface area contributed by atoms with Crippen LogP contribution in [-0.2, 0) is 9.84 Å². The molecule has 0 bridgehead atoms. The highest BCUT2D eigenvalue weighted by Gasteiger charge is 2.58. The van der Waals surface area contributed by atoms with Crippen LogP contribution in [0.3, 0.4) is 0 Å². The van der Waals surface area contributed by atoms with Gasteiger partial charge in [-0.15, -0.1) is 0 Å². The van der Waals surface area contributed by atoms with Crippen molar-refractivity contribution >= 4 is 21.4 Å². The first-order valence-electron chi connectivity index (χ1n) is 7.62. The zero-order chi connectivity index (χ0) is 21.3. The van der Waals surface area contributed by atoms with Crippen molar-refractivity contribution in [2.75, 3.05) is 12.4 Å². The highest BCUT2D eigenvalue weighted by atomic mass is 35.5. The van der Waals surface area contributed by atoms with Crippen molar-refractivity contribution in [1.29, 1.82) is 0 Å². The second kappa shape index (κ2) is 7.70. The molecule has 0 spiro atoms. The average molecular weight is 446 g/mol. The van der Waals surface area contributed by atoms with Gasteiger partial charge < -0.3 is 9.94 Å². The second-order valence-electron chi connectivity index (χ2n) is 5.59. The highest BCUT2D eigenvalue weighted by molar-refractivity contribution is 7.91. The minimum atomic E-state index is -5.80. The fourth-order valence-electron chi connectivity index (χ4n) is 2.18. The fourth-order valence-corrected chi connectivity index (χ4v) is 3.87. The van der Waals surface area contributed by atoms with Gasteiger partial charge >= 0.3 is 12.1 Å². The largest absolute Gasteiger partial charge is 0.618 e. The summed E-state index contributed by atoms with van der Waals surface area (Å²) in [5, 5.41) is 12.1. The van der Waals surface area contributed by atoms with E-state index in [1.54, 1.807) is 0 Å². The maximum absolute atomic E-state index is 12.9. The van der Waals surface area contributed by atoms with E-state index in [1.807, 2.05) is 0 Å². The molecular weight excluding hydrogens is 433 g/mol. The number of ether oxygens (including phenoxy) is 1. The number of benzene rings is 1. The average Bonchev–Trinajstić information content (AvgIpc) is 2.58. The minimum Gasteiger partial charge on any atom is -0.618 e. The molecule has 0 radical (unpaired) electrons. The Morgan fingerprint density at radius 3 is 2.32 bits per heavy atom. The predicted octanol–water partition coefficient (Wildman–Crippen LogP) is 4.01. The summed E-state index contributed by atoms with van der Waals surface area (Å²) in [7, 11) is -3.82. The third-order valence-corrected chi connectivity index (χ3v) is 5.91. The summed E-state index contributed by atoms with van der Waals surface area (Å²) >= 11 is 5.96. The molecule has 0 unspecified atom stereocenters. The van der Waals surface area contributed by atoms with Gasteiger partial charge in [0.2, 0.25) is 11.9 Å². The van der Waals surface area contributed by atoms with Crippen molar-refractivity contribution in [3.8, 4) is 17.0 Å². The Morgan fingerprint density at radius 1 is 1.14 bits per heavy atom. The normalized spacial score (nSPS) is 12.8. The predicted molar refractivity (Wildman–Crippen MR) is 90.1 cm³/mol. The van der Waals surface area contributed by atoms with Crippen molar-refractivity contribution in [2.24, 2.45) is 0 Å². The Balaban J connectivity index is 2.41. The summed E-state index contributed by atoms with van der Waals surface area (Å²) in [5.41, 5.74) is -0.249. The van der Waals surface area contributed by atoms with Gasteiger partial charge in [0.05, 0.1) is 21.2 Å². The number of rotatable bonds is 6. The third-order valence-electron chi connectivity index (χ3n) is 3.66. The van der Waals surface area contributed by atoms with E-state index in [0.717, 1.165) is 12.1 Å². The van der Waals surface area contributed by atoms with Gasteiger partial charge in [-0.1, -0.05) is 24.6 Å². The minimum absolute atomic E-state index is 0.0449. The van der Waals surface area contributed by atoms with E-state index in [0.29, 0.717) is 6.20 Å². The number of aromatic nitrogens is 1. The van der Waals surface area contributed by atoms with E-state index in [-0.39, 0.29) is 31.7 Å². The summed E-state index contributed by atoms with van der Waals surface area (Å²) < 4.78 is 91.4. The van der Waals surface area contributed by atoms with Gasteiger partial charge in [0.1, 0.15) is 0 Å². The van der Waals surface area contributed by atoms with Crippen LogP contribution in [0.15, 0.2) is 41.4 Å². The topological polar surface area (TPSA) is 70.3 Å². The Labute approximate surface area is 161 Å². The molecule has 0 aliphatic heterocycles. The van der Waals surface area contributed by atoms with E-state index >= 15 is 0 Å². The van der Waals surface area contributed by atoms with Crippen molar-refractivity contribution in [3.05, 3.63) is 46.8 Å². The molecule has 0 saturated carbocycles. The summed E-state index contributed by atoms with van der Waals surface area (Å²) in [6.07, 6.45) is -5.18. The molecular formula is C16H13ClF5NO4S. The first-order valence-corrected chi connectivity index (χ1v) is 9.65. The fraction of sp³-hybridized carbons (Fsp3) is 0.312. The quantitative estimate of drug-likeness (QED) is 0.383. The van der Waals surface area contributed by atoms with Crippen LogP contribution < -0.4 is 9.47 Å². The van der Waals surface area contributed by atoms with Crippen LogP contribution >= 0.6 is 11.6 Å². The number of sulfone groups is 1. The van der Waals surface area contributed by atoms with Gasteiger partial charge in [-0.3, -0.25) is 0 Å². The van der Waals surface area contributed by atoms with Crippen LogP contribution in [-0.4, -0.2) is 32.9 Å². The van der Waals surface area contributed by atoms with Gasteiger partial charge in [-0.05, 0) is 18.2 Å². The van der Waals surface area contributed by atoms with E-state index < -0.39 is 34.3 Å². The van der Waals surface area contributed by atoms with Gasteiger partial charge in [0.25, 0.3) is 0 Å². The Kier molecular flexibility index (Phi) is 6.10. The summed E-state index contributed by atoms with van der Waals surface area (Å²) in [5.74, 6) is -5.95. The lowest BCUT2D eigenvalue weighted by Crippen LogP contribution is -2.42. The molecule has 1 heterocycles. The number of nitrogens with zero attached hydrogens (tertiary/aromatic N) is 1. The first kappa shape index (κ1) is 22.2. The standard InChI is InChI=1S/C16H13ClF5NO4S/c1-2-28(25,26)14-11(4-3-5-12(14)17)13-7-6-10(8-23(13)24)27-9-15(18,19)16(20,21)22/h3-8H,2,9H2,1H3. The van der Waals surface area contributed by atoms with E-state index in [1.165, 1.54) is 25.1 Å². The maximum atomic E-state index is 12.9. The molecule has 0 fully saturated rings. The molecule has 1 aromatic heterocycles. The maximum Gasteiger partial charge on any atom is 0.456 e. The smallest absolute Gasteiger partial charge is 0.456 e. The molecule has 12 heteroatoms. The first-order chi connectivity index (χ1) is 12.8. The van der Waals surface area contributed by atoms with Crippen LogP contribution in [0.1, 0.15) is 6.92 Å². The molecule has 0 N–H and O–H groups in total. The van der Waals surface area contributed by atoms with Crippen molar-refractivity contribution in [1.82, 2.24) is 0 Å². The number of pyridine rings is 1. The molecule has 2 rings (SSSR count). The number of alkyl halides is 5. The summed E-state index contributed by atoms with van der Waals surface area (Å²) in [4.78, 5) is -0.291.